The molecule has 1 aliphatic carbocycles. The lowest BCUT2D eigenvalue weighted by Crippen LogP contribution is -2.30. The molecule has 0 fully saturated rings. The minimum atomic E-state index is -0.763. The van der Waals surface area contributed by atoms with Gasteiger partial charge in [-0.05, 0) is 39.5 Å². The van der Waals surface area contributed by atoms with E-state index in [9.17, 15) is 5.11 Å². The molecule has 0 amide bonds. The molecule has 3 atom stereocenters. The van der Waals surface area contributed by atoms with Crippen LogP contribution in [0.15, 0.2) is 12.1 Å². The Morgan fingerprint density at radius 1 is 1.00 bits per heavy atom. The summed E-state index contributed by atoms with van der Waals surface area (Å²) in [6, 6.07) is 4.54. The Morgan fingerprint density at radius 2 is 1.50 bits per heavy atom. The van der Waals surface area contributed by atoms with Gasteiger partial charge in [0.25, 0.3) is 0 Å². The molecule has 2 heteroatoms. The number of fused-ring (bicyclic) bond motifs is 2. The fraction of sp³-hybridized carbons (Fsp3) is 0.667. The van der Waals surface area contributed by atoms with E-state index in [1.807, 2.05) is 0 Å². The van der Waals surface area contributed by atoms with Crippen LogP contribution in [-0.4, -0.2) is 11.7 Å². The molecule has 1 aromatic rings. The van der Waals surface area contributed by atoms with Crippen LogP contribution in [0.1, 0.15) is 76.0 Å². The van der Waals surface area contributed by atoms with E-state index in [2.05, 4.69) is 53.7 Å². The van der Waals surface area contributed by atoms with Gasteiger partial charge in [-0.25, -0.2) is 0 Å². The highest BCUT2D eigenvalue weighted by atomic mass is 16.6. The van der Waals surface area contributed by atoms with Crippen molar-refractivity contribution in [2.75, 3.05) is 6.61 Å². The van der Waals surface area contributed by atoms with E-state index in [0.29, 0.717) is 18.4 Å². The third-order valence-corrected chi connectivity index (χ3v) is 6.08. The van der Waals surface area contributed by atoms with Crippen molar-refractivity contribution in [3.8, 4) is 0 Å². The van der Waals surface area contributed by atoms with Crippen molar-refractivity contribution in [2.24, 2.45) is 5.92 Å². The molecule has 0 bridgehead atoms. The molecule has 3 rings (SSSR count). The highest BCUT2D eigenvalue weighted by molar-refractivity contribution is 5.52. The van der Waals surface area contributed by atoms with Crippen molar-refractivity contribution in [1.29, 1.82) is 0 Å². The highest BCUT2D eigenvalue weighted by Crippen LogP contribution is 2.55. The number of ether oxygens (including phenoxy) is 1. The number of hydrogen-bond donors (Lipinski definition) is 1. The third-order valence-electron chi connectivity index (χ3n) is 6.08. The third kappa shape index (κ3) is 1.64. The Labute approximate surface area is 122 Å². The summed E-state index contributed by atoms with van der Waals surface area (Å²) in [5.41, 5.74) is 5.38. The SMILES string of the molecule is CC1COC(O)c2cc3c(cc21)C(C)(C)C(C)C3(C)C. The normalized spacial score (nSPS) is 33.6. The largest absolute Gasteiger partial charge is 0.364 e. The molecule has 0 spiro atoms. The maximum Gasteiger partial charge on any atom is 0.181 e. The zero-order valence-corrected chi connectivity index (χ0v) is 13.4. The first kappa shape index (κ1) is 14.1. The van der Waals surface area contributed by atoms with Gasteiger partial charge in [0.15, 0.2) is 6.29 Å². The highest BCUT2D eigenvalue weighted by Gasteiger charge is 2.49. The van der Waals surface area contributed by atoms with E-state index in [4.69, 9.17) is 4.74 Å². The first-order valence-corrected chi connectivity index (χ1v) is 7.65. The van der Waals surface area contributed by atoms with Crippen LogP contribution in [0.3, 0.4) is 0 Å². The molecule has 2 aliphatic rings. The van der Waals surface area contributed by atoms with Crippen molar-refractivity contribution in [2.45, 2.75) is 64.6 Å². The molecule has 0 saturated carbocycles. The van der Waals surface area contributed by atoms with E-state index in [-0.39, 0.29) is 10.8 Å². The van der Waals surface area contributed by atoms with Crippen LogP contribution in [0.4, 0.5) is 0 Å². The van der Waals surface area contributed by atoms with Gasteiger partial charge in [-0.3, -0.25) is 0 Å². The minimum Gasteiger partial charge on any atom is -0.364 e. The van der Waals surface area contributed by atoms with Gasteiger partial charge >= 0.3 is 0 Å². The molecule has 0 saturated heterocycles. The second-order valence-electron chi connectivity index (χ2n) is 7.78. The molecular weight excluding hydrogens is 248 g/mol. The molecule has 3 unspecified atom stereocenters. The standard InChI is InChI=1S/C18H26O2/c1-10-9-20-16(19)13-8-15-14(7-12(10)13)17(3,4)11(2)18(15,5)6/h7-8,10-11,16,19H,9H2,1-6H3. The summed E-state index contributed by atoms with van der Waals surface area (Å²) >= 11 is 0. The molecule has 1 heterocycles. The summed E-state index contributed by atoms with van der Waals surface area (Å²) in [7, 11) is 0. The first-order chi connectivity index (χ1) is 9.17. The van der Waals surface area contributed by atoms with E-state index in [1.165, 1.54) is 16.7 Å². The van der Waals surface area contributed by atoms with Gasteiger partial charge in [-0.2, -0.15) is 0 Å². The van der Waals surface area contributed by atoms with Gasteiger partial charge in [-0.1, -0.05) is 47.6 Å². The number of rotatable bonds is 0. The lowest BCUT2D eigenvalue weighted by molar-refractivity contribution is -0.116. The Kier molecular flexibility index (Phi) is 2.88. The Balaban J connectivity index is 2.27. The molecule has 0 radical (unpaired) electrons. The molecule has 1 aliphatic heterocycles. The minimum absolute atomic E-state index is 0.133. The Bertz CT molecular complexity index is 508. The van der Waals surface area contributed by atoms with Gasteiger partial charge in [0.2, 0.25) is 0 Å². The van der Waals surface area contributed by atoms with Crippen LogP contribution in [0.2, 0.25) is 0 Å². The summed E-state index contributed by atoms with van der Waals surface area (Å²) < 4.78 is 5.48. The van der Waals surface area contributed by atoms with Crippen molar-refractivity contribution in [3.63, 3.8) is 0 Å². The van der Waals surface area contributed by atoms with Crippen molar-refractivity contribution in [1.82, 2.24) is 0 Å². The van der Waals surface area contributed by atoms with Gasteiger partial charge in [0.1, 0.15) is 0 Å². The lowest BCUT2D eigenvalue weighted by atomic mass is 9.71. The predicted octanol–water partition coefficient (Wildman–Crippen LogP) is 4.02. The van der Waals surface area contributed by atoms with Crippen molar-refractivity contribution >= 4 is 0 Å². The van der Waals surface area contributed by atoms with Crippen LogP contribution in [-0.2, 0) is 15.6 Å². The average molecular weight is 274 g/mol. The van der Waals surface area contributed by atoms with Gasteiger partial charge < -0.3 is 9.84 Å². The quantitative estimate of drug-likeness (QED) is 0.774. The molecular formula is C18H26O2. The summed E-state index contributed by atoms with van der Waals surface area (Å²) in [4.78, 5) is 0. The van der Waals surface area contributed by atoms with E-state index in [1.54, 1.807) is 0 Å². The molecule has 20 heavy (non-hydrogen) atoms. The van der Waals surface area contributed by atoms with Gasteiger partial charge in [-0.15, -0.1) is 0 Å². The number of aliphatic hydroxyl groups excluding tert-OH is 1. The summed E-state index contributed by atoms with van der Waals surface area (Å²) in [5, 5.41) is 10.2. The number of hydrogen-bond acceptors (Lipinski definition) is 2. The Morgan fingerprint density at radius 3 is 2.05 bits per heavy atom. The zero-order chi connectivity index (χ0) is 14.9. The van der Waals surface area contributed by atoms with Crippen molar-refractivity contribution in [3.05, 3.63) is 34.4 Å². The molecule has 2 nitrogen and oxygen atoms in total. The molecule has 0 aromatic heterocycles. The van der Waals surface area contributed by atoms with Crippen molar-refractivity contribution < 1.29 is 9.84 Å². The maximum atomic E-state index is 10.2. The maximum absolute atomic E-state index is 10.2. The van der Waals surface area contributed by atoms with Gasteiger partial charge in [0.05, 0.1) is 6.61 Å². The monoisotopic (exact) mass is 274 g/mol. The summed E-state index contributed by atoms with van der Waals surface area (Å²) in [5.74, 6) is 0.927. The first-order valence-electron chi connectivity index (χ1n) is 7.65. The second-order valence-corrected chi connectivity index (χ2v) is 7.78. The fourth-order valence-electron chi connectivity index (χ4n) is 4.12. The number of benzene rings is 1. The van der Waals surface area contributed by atoms with E-state index in [0.717, 1.165) is 5.56 Å². The average Bonchev–Trinajstić information content (AvgIpc) is 2.52. The van der Waals surface area contributed by atoms with Gasteiger partial charge in [0, 0.05) is 11.5 Å². The van der Waals surface area contributed by atoms with Crippen LogP contribution in [0.5, 0.6) is 0 Å². The zero-order valence-electron chi connectivity index (χ0n) is 13.4. The topological polar surface area (TPSA) is 29.5 Å². The molecule has 1 N–H and O–H groups in total. The smallest absolute Gasteiger partial charge is 0.181 e. The lowest BCUT2D eigenvalue weighted by Gasteiger charge is -2.32. The van der Waals surface area contributed by atoms with Crippen LogP contribution >= 0.6 is 0 Å². The fourth-order valence-corrected chi connectivity index (χ4v) is 4.12. The van der Waals surface area contributed by atoms with Crippen LogP contribution < -0.4 is 0 Å². The summed E-state index contributed by atoms with van der Waals surface area (Å²) in [6.07, 6.45) is -0.763. The second kappa shape index (κ2) is 4.08. The molecule has 110 valence electrons. The Hall–Kier alpha value is -0.860. The summed E-state index contributed by atoms with van der Waals surface area (Å²) in [6.45, 7) is 14.4. The predicted molar refractivity (Wildman–Crippen MR) is 81.0 cm³/mol. The van der Waals surface area contributed by atoms with E-state index >= 15 is 0 Å². The van der Waals surface area contributed by atoms with Crippen LogP contribution in [0.25, 0.3) is 0 Å². The number of aliphatic hydroxyl groups is 1. The van der Waals surface area contributed by atoms with Crippen LogP contribution in [0, 0.1) is 5.92 Å². The molecule has 1 aromatic carbocycles. The van der Waals surface area contributed by atoms with E-state index < -0.39 is 6.29 Å².